The summed E-state index contributed by atoms with van der Waals surface area (Å²) >= 11 is 0. The minimum Gasteiger partial charge on any atom is -0.352 e. The third-order valence-corrected chi connectivity index (χ3v) is 5.43. The van der Waals surface area contributed by atoms with Crippen molar-refractivity contribution >= 4 is 11.8 Å². The maximum absolute atomic E-state index is 12.6. The molecule has 0 aromatic rings. The summed E-state index contributed by atoms with van der Waals surface area (Å²) in [4.78, 5) is 26.8. The molecule has 2 amide bonds. The summed E-state index contributed by atoms with van der Waals surface area (Å²) in [6.07, 6.45) is 14.9. The molecule has 1 fully saturated rings. The first-order chi connectivity index (χ1) is 12.5. The lowest BCUT2D eigenvalue weighted by Gasteiger charge is -2.24. The molecule has 1 unspecified atom stereocenters. The maximum atomic E-state index is 12.6. The SMILES string of the molecule is CCCCCCCCC(C)NC(=O)[C@@H]1CCCN1C(=O)/C=C/[C@@H](C)CC. The first-order valence-electron chi connectivity index (χ1n) is 10.8. The first-order valence-corrected chi connectivity index (χ1v) is 10.8. The zero-order valence-electron chi connectivity index (χ0n) is 17.4. The van der Waals surface area contributed by atoms with Gasteiger partial charge in [-0.15, -0.1) is 0 Å². The maximum Gasteiger partial charge on any atom is 0.246 e. The molecule has 0 aromatic carbocycles. The van der Waals surface area contributed by atoms with Gasteiger partial charge < -0.3 is 10.2 Å². The number of amides is 2. The van der Waals surface area contributed by atoms with Crippen LogP contribution >= 0.6 is 0 Å². The van der Waals surface area contributed by atoms with Gasteiger partial charge in [0, 0.05) is 12.6 Å². The molecule has 0 aromatic heterocycles. The molecule has 0 aliphatic carbocycles. The minimum atomic E-state index is -0.295. The lowest BCUT2D eigenvalue weighted by atomic mass is 10.1. The monoisotopic (exact) mass is 364 g/mol. The Bertz CT molecular complexity index is 447. The van der Waals surface area contributed by atoms with Crippen molar-refractivity contribution in [2.45, 2.75) is 104 Å². The molecule has 1 heterocycles. The highest BCUT2D eigenvalue weighted by atomic mass is 16.2. The number of nitrogens with zero attached hydrogens (tertiary/aromatic N) is 1. The molecule has 4 heteroatoms. The van der Waals surface area contributed by atoms with Gasteiger partial charge in [-0.3, -0.25) is 9.59 Å². The molecule has 0 spiro atoms. The van der Waals surface area contributed by atoms with Gasteiger partial charge in [0.2, 0.25) is 11.8 Å². The molecule has 26 heavy (non-hydrogen) atoms. The topological polar surface area (TPSA) is 49.4 Å². The Labute approximate surface area is 160 Å². The molecular weight excluding hydrogens is 324 g/mol. The zero-order chi connectivity index (χ0) is 19.4. The van der Waals surface area contributed by atoms with E-state index in [1.807, 2.05) is 6.08 Å². The van der Waals surface area contributed by atoms with Gasteiger partial charge in [0.15, 0.2) is 0 Å². The Hall–Kier alpha value is -1.32. The van der Waals surface area contributed by atoms with Gasteiger partial charge in [-0.05, 0) is 38.2 Å². The smallest absolute Gasteiger partial charge is 0.246 e. The molecule has 150 valence electrons. The molecule has 0 bridgehead atoms. The van der Waals surface area contributed by atoms with Crippen LogP contribution in [0.2, 0.25) is 0 Å². The van der Waals surface area contributed by atoms with Crippen LogP contribution in [0, 0.1) is 5.92 Å². The predicted molar refractivity (Wildman–Crippen MR) is 109 cm³/mol. The molecule has 3 atom stereocenters. The molecule has 0 radical (unpaired) electrons. The summed E-state index contributed by atoms with van der Waals surface area (Å²) in [7, 11) is 0. The van der Waals surface area contributed by atoms with Gasteiger partial charge in [0.25, 0.3) is 0 Å². The van der Waals surface area contributed by atoms with Crippen LogP contribution in [0.5, 0.6) is 0 Å². The van der Waals surface area contributed by atoms with Gasteiger partial charge >= 0.3 is 0 Å². The second kappa shape index (κ2) is 12.9. The number of likely N-dealkylation sites (tertiary alicyclic amines) is 1. The number of rotatable bonds is 12. The lowest BCUT2D eigenvalue weighted by Crippen LogP contribution is -2.47. The highest BCUT2D eigenvalue weighted by Gasteiger charge is 2.33. The van der Waals surface area contributed by atoms with E-state index in [1.165, 1.54) is 32.1 Å². The van der Waals surface area contributed by atoms with E-state index >= 15 is 0 Å². The lowest BCUT2D eigenvalue weighted by molar-refractivity contribution is -0.135. The van der Waals surface area contributed by atoms with Crippen LogP contribution in [0.25, 0.3) is 0 Å². The molecule has 4 nitrogen and oxygen atoms in total. The van der Waals surface area contributed by atoms with E-state index in [-0.39, 0.29) is 23.9 Å². The summed E-state index contributed by atoms with van der Waals surface area (Å²) in [6.45, 7) is 9.20. The highest BCUT2D eigenvalue weighted by Crippen LogP contribution is 2.19. The second-order valence-electron chi connectivity index (χ2n) is 7.90. The van der Waals surface area contributed by atoms with Crippen LogP contribution in [0.4, 0.5) is 0 Å². The van der Waals surface area contributed by atoms with Crippen molar-refractivity contribution in [2.75, 3.05) is 6.54 Å². The van der Waals surface area contributed by atoms with Gasteiger partial charge in [0.1, 0.15) is 6.04 Å². The van der Waals surface area contributed by atoms with Crippen molar-refractivity contribution in [1.29, 1.82) is 0 Å². The Morgan fingerprint density at radius 3 is 2.50 bits per heavy atom. The average Bonchev–Trinajstić information content (AvgIpc) is 3.12. The summed E-state index contributed by atoms with van der Waals surface area (Å²) in [5, 5.41) is 3.13. The average molecular weight is 365 g/mol. The van der Waals surface area contributed by atoms with E-state index in [0.29, 0.717) is 12.5 Å². The largest absolute Gasteiger partial charge is 0.352 e. The number of carbonyl (C=O) groups excluding carboxylic acids is 2. The fourth-order valence-electron chi connectivity index (χ4n) is 3.42. The van der Waals surface area contributed by atoms with Crippen LogP contribution in [-0.4, -0.2) is 35.3 Å². The van der Waals surface area contributed by atoms with Crippen molar-refractivity contribution in [1.82, 2.24) is 10.2 Å². The minimum absolute atomic E-state index is 0.0197. The predicted octanol–water partition coefficient (Wildman–Crippen LogP) is 4.84. The molecule has 1 aliphatic rings. The molecule has 0 saturated carbocycles. The van der Waals surface area contributed by atoms with E-state index in [0.717, 1.165) is 32.1 Å². The molecule has 1 rings (SSSR count). The summed E-state index contributed by atoms with van der Waals surface area (Å²) in [5.41, 5.74) is 0. The molecule has 1 N–H and O–H groups in total. The molecule has 1 saturated heterocycles. The van der Waals surface area contributed by atoms with Crippen LogP contribution < -0.4 is 5.32 Å². The van der Waals surface area contributed by atoms with Crippen molar-refractivity contribution in [3.05, 3.63) is 12.2 Å². The van der Waals surface area contributed by atoms with Crippen LogP contribution in [0.3, 0.4) is 0 Å². The van der Waals surface area contributed by atoms with Gasteiger partial charge in [-0.1, -0.05) is 71.8 Å². The number of nitrogens with one attached hydrogen (secondary N) is 1. The number of hydrogen-bond donors (Lipinski definition) is 1. The van der Waals surface area contributed by atoms with Crippen LogP contribution in [0.15, 0.2) is 12.2 Å². The number of unbranched alkanes of at least 4 members (excludes halogenated alkanes) is 5. The zero-order valence-corrected chi connectivity index (χ0v) is 17.4. The Morgan fingerprint density at radius 2 is 1.81 bits per heavy atom. The van der Waals surface area contributed by atoms with Crippen LogP contribution in [0.1, 0.15) is 91.9 Å². The standard InChI is InChI=1S/C22H40N2O2/c1-5-7-8-9-10-11-13-19(4)23-22(26)20-14-12-17-24(20)21(25)16-15-18(3)6-2/h15-16,18-20H,5-14,17H2,1-4H3,(H,23,26)/b16-15+/t18-,19?,20-/m0/s1. The van der Waals surface area contributed by atoms with Crippen LogP contribution in [-0.2, 0) is 9.59 Å². The van der Waals surface area contributed by atoms with Gasteiger partial charge in [-0.2, -0.15) is 0 Å². The third-order valence-electron chi connectivity index (χ3n) is 5.43. The Morgan fingerprint density at radius 1 is 1.12 bits per heavy atom. The number of carbonyl (C=O) groups is 2. The third kappa shape index (κ3) is 8.37. The summed E-state index contributed by atoms with van der Waals surface area (Å²) in [6, 6.07) is -0.113. The Balaban J connectivity index is 2.37. The quantitative estimate of drug-likeness (QED) is 0.398. The number of hydrogen-bond acceptors (Lipinski definition) is 2. The summed E-state index contributed by atoms with van der Waals surface area (Å²) in [5.74, 6) is 0.393. The van der Waals surface area contributed by atoms with Crippen molar-refractivity contribution in [3.8, 4) is 0 Å². The summed E-state index contributed by atoms with van der Waals surface area (Å²) < 4.78 is 0. The van der Waals surface area contributed by atoms with Gasteiger partial charge in [0.05, 0.1) is 0 Å². The number of allylic oxidation sites excluding steroid dienone is 1. The van der Waals surface area contributed by atoms with E-state index in [1.54, 1.807) is 11.0 Å². The van der Waals surface area contributed by atoms with Gasteiger partial charge in [-0.25, -0.2) is 0 Å². The van der Waals surface area contributed by atoms with E-state index in [4.69, 9.17) is 0 Å². The van der Waals surface area contributed by atoms with E-state index in [9.17, 15) is 9.59 Å². The first kappa shape index (κ1) is 22.7. The molecular formula is C22H40N2O2. The fraction of sp³-hybridized carbons (Fsp3) is 0.818. The Kier molecular flexibility index (Phi) is 11.3. The van der Waals surface area contributed by atoms with E-state index < -0.39 is 0 Å². The van der Waals surface area contributed by atoms with Crippen molar-refractivity contribution in [2.24, 2.45) is 5.92 Å². The fourth-order valence-corrected chi connectivity index (χ4v) is 3.42. The normalized spacial score (nSPS) is 19.7. The molecule has 1 aliphatic heterocycles. The second-order valence-corrected chi connectivity index (χ2v) is 7.90. The van der Waals surface area contributed by atoms with Crippen molar-refractivity contribution < 1.29 is 9.59 Å². The van der Waals surface area contributed by atoms with Crippen molar-refractivity contribution in [3.63, 3.8) is 0 Å². The van der Waals surface area contributed by atoms with E-state index in [2.05, 4.69) is 33.0 Å². The highest BCUT2D eigenvalue weighted by molar-refractivity contribution is 5.93.